The largest absolute Gasteiger partial charge is 0.376 e. The maximum atomic E-state index is 12.5. The number of nitrogens with zero attached hydrogens (tertiary/aromatic N) is 4. The maximum Gasteiger partial charge on any atom is 0.376 e. The predicted octanol–water partition coefficient (Wildman–Crippen LogP) is 2.32. The summed E-state index contributed by atoms with van der Waals surface area (Å²) in [7, 11) is 3.85. The van der Waals surface area contributed by atoms with Gasteiger partial charge in [-0.2, -0.15) is 0 Å². The Kier molecular flexibility index (Phi) is 4.94. The summed E-state index contributed by atoms with van der Waals surface area (Å²) >= 11 is 0. The third kappa shape index (κ3) is 3.40. The molecular weight excluding hydrogens is 334 g/mol. The number of hydrogen-bond acceptors (Lipinski definition) is 6. The molecule has 0 saturated carbocycles. The minimum Gasteiger partial charge on any atom is -0.362 e. The van der Waals surface area contributed by atoms with E-state index in [9.17, 15) is 14.9 Å². The second-order valence-corrected chi connectivity index (χ2v) is 6.07. The number of nitro groups is 1. The van der Waals surface area contributed by atoms with E-state index in [2.05, 4.69) is 10.3 Å². The lowest BCUT2D eigenvalue weighted by Crippen LogP contribution is -2.28. The van der Waals surface area contributed by atoms with Crippen LogP contribution in [0.25, 0.3) is 5.65 Å². The van der Waals surface area contributed by atoms with Gasteiger partial charge in [0.1, 0.15) is 5.65 Å². The molecule has 1 N–H and O–H groups in total. The Morgan fingerprint density at radius 1 is 1.19 bits per heavy atom. The van der Waals surface area contributed by atoms with E-state index in [1.54, 1.807) is 18.2 Å². The van der Waals surface area contributed by atoms with Gasteiger partial charge in [0.15, 0.2) is 0 Å². The van der Waals surface area contributed by atoms with Crippen molar-refractivity contribution in [3.05, 3.63) is 80.8 Å². The van der Waals surface area contributed by atoms with Gasteiger partial charge in [0.2, 0.25) is 5.82 Å². The van der Waals surface area contributed by atoms with Gasteiger partial charge < -0.3 is 10.2 Å². The molecular formula is C18H19N5O3. The quantitative estimate of drug-likeness (QED) is 0.540. The number of anilines is 1. The zero-order valence-electron chi connectivity index (χ0n) is 14.5. The van der Waals surface area contributed by atoms with Gasteiger partial charge in [-0.15, -0.1) is 0 Å². The first-order chi connectivity index (χ1) is 12.5. The first-order valence-electron chi connectivity index (χ1n) is 8.10. The van der Waals surface area contributed by atoms with Crippen molar-refractivity contribution in [2.75, 3.05) is 26.0 Å². The smallest absolute Gasteiger partial charge is 0.362 e. The zero-order chi connectivity index (χ0) is 18.7. The van der Waals surface area contributed by atoms with Crippen molar-refractivity contribution >= 4 is 17.2 Å². The molecule has 0 aliphatic heterocycles. The summed E-state index contributed by atoms with van der Waals surface area (Å²) in [6.45, 7) is 0.368. The average Bonchev–Trinajstić information content (AvgIpc) is 2.62. The van der Waals surface area contributed by atoms with Crippen LogP contribution in [0.15, 0.2) is 59.5 Å². The van der Waals surface area contributed by atoms with Crippen molar-refractivity contribution in [2.24, 2.45) is 0 Å². The van der Waals surface area contributed by atoms with Crippen molar-refractivity contribution in [2.45, 2.75) is 6.04 Å². The fourth-order valence-corrected chi connectivity index (χ4v) is 2.83. The van der Waals surface area contributed by atoms with Gasteiger partial charge in [0.05, 0.1) is 11.0 Å². The normalized spacial score (nSPS) is 12.3. The van der Waals surface area contributed by atoms with Gasteiger partial charge in [-0.25, -0.2) is 4.98 Å². The van der Waals surface area contributed by atoms with Gasteiger partial charge in [-0.3, -0.25) is 19.3 Å². The molecule has 0 aliphatic carbocycles. The van der Waals surface area contributed by atoms with Crippen molar-refractivity contribution < 1.29 is 4.92 Å². The number of hydrogen-bond donors (Lipinski definition) is 1. The highest BCUT2D eigenvalue weighted by Crippen LogP contribution is 2.22. The van der Waals surface area contributed by atoms with Crippen LogP contribution in [0.1, 0.15) is 11.6 Å². The van der Waals surface area contributed by atoms with E-state index in [1.807, 2.05) is 49.3 Å². The molecule has 1 atom stereocenters. The van der Waals surface area contributed by atoms with Gasteiger partial charge in [-0.1, -0.05) is 36.4 Å². The van der Waals surface area contributed by atoms with E-state index in [0.717, 1.165) is 5.56 Å². The Balaban J connectivity index is 1.98. The topological polar surface area (TPSA) is 92.8 Å². The van der Waals surface area contributed by atoms with Gasteiger partial charge in [0.25, 0.3) is 0 Å². The van der Waals surface area contributed by atoms with Crippen molar-refractivity contribution in [1.29, 1.82) is 0 Å². The third-order valence-corrected chi connectivity index (χ3v) is 4.16. The van der Waals surface area contributed by atoms with E-state index < -0.39 is 16.2 Å². The van der Waals surface area contributed by atoms with Crippen LogP contribution in [0.4, 0.5) is 11.5 Å². The van der Waals surface area contributed by atoms with Crippen LogP contribution in [-0.4, -0.2) is 39.8 Å². The molecule has 3 rings (SSSR count). The monoisotopic (exact) mass is 353 g/mol. The van der Waals surface area contributed by atoms with Crippen LogP contribution in [0.5, 0.6) is 0 Å². The van der Waals surface area contributed by atoms with E-state index in [1.165, 1.54) is 10.6 Å². The molecule has 0 radical (unpaired) electrons. The molecule has 0 fully saturated rings. The second kappa shape index (κ2) is 7.32. The molecule has 0 amide bonds. The van der Waals surface area contributed by atoms with Crippen molar-refractivity contribution in [3.8, 4) is 0 Å². The molecule has 1 aromatic carbocycles. The molecule has 3 aromatic rings. The number of nitrogens with one attached hydrogen (secondary N) is 1. The second-order valence-electron chi connectivity index (χ2n) is 6.07. The number of aromatic nitrogens is 2. The molecule has 0 saturated heterocycles. The fraction of sp³-hybridized carbons (Fsp3) is 0.222. The molecule has 0 aliphatic rings. The van der Waals surface area contributed by atoms with Crippen molar-refractivity contribution in [3.63, 3.8) is 0 Å². The van der Waals surface area contributed by atoms with Crippen LogP contribution in [0.2, 0.25) is 0 Å². The lowest BCUT2D eigenvalue weighted by atomic mass is 10.1. The maximum absolute atomic E-state index is 12.5. The Labute approximate surface area is 149 Å². The average molecular weight is 353 g/mol. The first-order valence-corrected chi connectivity index (χ1v) is 8.10. The van der Waals surface area contributed by atoms with Gasteiger partial charge in [0, 0.05) is 12.7 Å². The molecule has 2 aromatic heterocycles. The Bertz CT molecular complexity index is 985. The molecule has 0 spiro atoms. The number of benzene rings is 1. The predicted molar refractivity (Wildman–Crippen MR) is 99.5 cm³/mol. The summed E-state index contributed by atoms with van der Waals surface area (Å²) in [6, 6.07) is 14.7. The Morgan fingerprint density at radius 3 is 2.54 bits per heavy atom. The van der Waals surface area contributed by atoms with Crippen LogP contribution in [-0.2, 0) is 0 Å². The Hall–Kier alpha value is -3.26. The number of rotatable bonds is 6. The third-order valence-electron chi connectivity index (χ3n) is 4.16. The summed E-state index contributed by atoms with van der Waals surface area (Å²) in [6.07, 6.45) is 1.47. The highest BCUT2D eigenvalue weighted by Gasteiger charge is 2.24. The van der Waals surface area contributed by atoms with Crippen LogP contribution < -0.4 is 10.9 Å². The molecule has 134 valence electrons. The first kappa shape index (κ1) is 17.6. The molecule has 1 unspecified atom stereocenters. The fourth-order valence-electron chi connectivity index (χ4n) is 2.83. The molecule has 2 heterocycles. The van der Waals surface area contributed by atoms with Gasteiger partial charge in [-0.05, 0) is 31.8 Å². The molecule has 8 nitrogen and oxygen atoms in total. The van der Waals surface area contributed by atoms with Crippen LogP contribution >= 0.6 is 0 Å². The minimum absolute atomic E-state index is 0.0195. The zero-order valence-corrected chi connectivity index (χ0v) is 14.5. The Morgan fingerprint density at radius 2 is 1.88 bits per heavy atom. The molecule has 8 heteroatoms. The standard InChI is InChI=1S/C18H19N5O3/c1-21(2)14(13-8-4-3-5-9-13)12-19-17-16(23(25)26)18(24)22-11-7-6-10-15(22)20-17/h3-11,14,19H,12H2,1-2H3. The van der Waals surface area contributed by atoms with Crippen LogP contribution in [0.3, 0.4) is 0 Å². The summed E-state index contributed by atoms with van der Waals surface area (Å²) in [5.41, 5.74) is 0.153. The molecule has 0 bridgehead atoms. The molecule has 26 heavy (non-hydrogen) atoms. The van der Waals surface area contributed by atoms with E-state index in [0.29, 0.717) is 12.2 Å². The van der Waals surface area contributed by atoms with E-state index in [4.69, 9.17) is 0 Å². The summed E-state index contributed by atoms with van der Waals surface area (Å²) < 4.78 is 1.17. The summed E-state index contributed by atoms with van der Waals surface area (Å²) in [5, 5.41) is 14.4. The SMILES string of the molecule is CN(C)C(CNc1nc2ccccn2c(=O)c1[N+](=O)[O-])c1ccccc1. The van der Waals surface area contributed by atoms with Crippen molar-refractivity contribution in [1.82, 2.24) is 14.3 Å². The number of likely N-dealkylation sites (N-methyl/N-ethyl adjacent to an activating group) is 1. The summed E-state index contributed by atoms with van der Waals surface area (Å²) in [4.78, 5) is 29.5. The number of fused-ring (bicyclic) bond motifs is 1. The van der Waals surface area contributed by atoms with Gasteiger partial charge >= 0.3 is 11.2 Å². The number of pyridine rings is 1. The van der Waals surface area contributed by atoms with E-state index >= 15 is 0 Å². The lowest BCUT2D eigenvalue weighted by Gasteiger charge is -2.25. The minimum atomic E-state index is -0.704. The summed E-state index contributed by atoms with van der Waals surface area (Å²) in [5.74, 6) is -0.0195. The highest BCUT2D eigenvalue weighted by atomic mass is 16.6. The lowest BCUT2D eigenvalue weighted by molar-refractivity contribution is -0.385. The van der Waals surface area contributed by atoms with E-state index in [-0.39, 0.29) is 11.9 Å². The van der Waals surface area contributed by atoms with Crippen LogP contribution in [0, 0.1) is 10.1 Å². The highest BCUT2D eigenvalue weighted by molar-refractivity contribution is 5.59.